The number of benzene rings is 3. The van der Waals surface area contributed by atoms with Gasteiger partial charge in [-0.05, 0) is 73.2 Å². The van der Waals surface area contributed by atoms with Gasteiger partial charge in [0.05, 0.1) is 26.5 Å². The fourth-order valence-electron chi connectivity index (χ4n) is 4.64. The lowest BCUT2D eigenvalue weighted by atomic mass is 10.00. The molecule has 198 valence electrons. The number of hydrogen-bond acceptors (Lipinski definition) is 7. The molecule has 8 heteroatoms. The molecule has 0 spiro atoms. The van der Waals surface area contributed by atoms with Crippen molar-refractivity contribution in [1.82, 2.24) is 10.2 Å². The third-order valence-electron chi connectivity index (χ3n) is 6.85. The van der Waals surface area contributed by atoms with Gasteiger partial charge in [-0.15, -0.1) is 5.10 Å². The molecule has 0 radical (unpaired) electrons. The van der Waals surface area contributed by atoms with E-state index in [1.807, 2.05) is 37.3 Å². The van der Waals surface area contributed by atoms with Gasteiger partial charge in [-0.1, -0.05) is 29.8 Å². The van der Waals surface area contributed by atoms with Crippen molar-refractivity contribution >= 4 is 28.2 Å². The van der Waals surface area contributed by atoms with E-state index in [1.54, 1.807) is 14.2 Å². The Balaban J connectivity index is 1.34. The lowest BCUT2D eigenvalue weighted by Gasteiger charge is -2.23. The molecule has 1 N–H and O–H groups in total. The van der Waals surface area contributed by atoms with E-state index in [2.05, 4.69) is 39.8 Å². The number of aromatic nitrogens is 2. The van der Waals surface area contributed by atoms with Gasteiger partial charge in [-0.2, -0.15) is 5.10 Å². The van der Waals surface area contributed by atoms with Gasteiger partial charge in [0, 0.05) is 40.6 Å². The van der Waals surface area contributed by atoms with Crippen molar-refractivity contribution < 1.29 is 18.9 Å². The number of rotatable bonds is 9. The number of aryl methyl sites for hydroxylation is 1. The van der Waals surface area contributed by atoms with Gasteiger partial charge in [-0.3, -0.25) is 0 Å². The number of halogens is 1. The summed E-state index contributed by atoms with van der Waals surface area (Å²) in [7, 11) is 3.29. The molecule has 0 amide bonds. The molecule has 1 fully saturated rings. The van der Waals surface area contributed by atoms with Crippen LogP contribution in [0.3, 0.4) is 0 Å². The molecule has 1 aliphatic heterocycles. The summed E-state index contributed by atoms with van der Waals surface area (Å²) < 4.78 is 22.4. The molecule has 0 bridgehead atoms. The molecule has 1 atom stereocenters. The Morgan fingerprint density at radius 1 is 0.921 bits per heavy atom. The molecule has 38 heavy (non-hydrogen) atoms. The number of ether oxygens (including phenoxy) is 4. The average molecular weight is 534 g/mol. The van der Waals surface area contributed by atoms with E-state index >= 15 is 0 Å². The monoisotopic (exact) mass is 533 g/mol. The van der Waals surface area contributed by atoms with Crippen molar-refractivity contribution in [2.75, 3.05) is 26.1 Å². The summed E-state index contributed by atoms with van der Waals surface area (Å²) in [4.78, 5) is 0. The van der Waals surface area contributed by atoms with Crippen molar-refractivity contribution in [1.29, 1.82) is 0 Å². The predicted molar refractivity (Wildman–Crippen MR) is 150 cm³/mol. The van der Waals surface area contributed by atoms with Crippen LogP contribution in [0.5, 0.6) is 11.5 Å². The molecule has 1 aliphatic rings. The average Bonchev–Trinajstić information content (AvgIpc) is 2.96. The van der Waals surface area contributed by atoms with Crippen molar-refractivity contribution in [3.05, 3.63) is 76.4 Å². The standard InChI is InChI=1S/C30H32ClN3O4/c1-19-26-14-20(21-7-8-23(27(31)15-21)18-38-29-6-4-5-13-37-29)10-12-25(26)30(34-33-19)32-17-22-9-11-24(35-2)16-28(22)36-3/h7-12,14-16,29H,4-6,13,17-18H2,1-3H3,(H,32,34). The minimum Gasteiger partial charge on any atom is -0.497 e. The fraction of sp³-hybridized carbons (Fsp3) is 0.333. The van der Waals surface area contributed by atoms with Crippen molar-refractivity contribution in [3.63, 3.8) is 0 Å². The smallest absolute Gasteiger partial charge is 0.158 e. The molecule has 4 aromatic rings. The van der Waals surface area contributed by atoms with E-state index in [0.29, 0.717) is 24.0 Å². The van der Waals surface area contributed by atoms with Gasteiger partial charge in [0.25, 0.3) is 0 Å². The van der Waals surface area contributed by atoms with Crippen LogP contribution in [-0.2, 0) is 22.6 Å². The summed E-state index contributed by atoms with van der Waals surface area (Å²) in [6, 6.07) is 18.1. The third kappa shape index (κ3) is 5.85. The molecule has 1 unspecified atom stereocenters. The first-order valence-corrected chi connectivity index (χ1v) is 13.2. The maximum Gasteiger partial charge on any atom is 0.158 e. The lowest BCUT2D eigenvalue weighted by molar-refractivity contribution is -0.168. The van der Waals surface area contributed by atoms with Crippen molar-refractivity contribution in [3.8, 4) is 22.6 Å². The SMILES string of the molecule is COc1ccc(CNc2nnc(C)c3cc(-c4ccc(COC5CCCCO5)c(Cl)c4)ccc23)c(OC)c1. The summed E-state index contributed by atoms with van der Waals surface area (Å²) >= 11 is 6.64. The summed E-state index contributed by atoms with van der Waals surface area (Å²) in [5.74, 6) is 2.21. The van der Waals surface area contributed by atoms with Crippen LogP contribution in [0, 0.1) is 6.92 Å². The Morgan fingerprint density at radius 2 is 1.74 bits per heavy atom. The topological polar surface area (TPSA) is 74.7 Å². The number of fused-ring (bicyclic) bond motifs is 1. The third-order valence-corrected chi connectivity index (χ3v) is 7.21. The second-order valence-electron chi connectivity index (χ2n) is 9.34. The lowest BCUT2D eigenvalue weighted by Crippen LogP contribution is -2.22. The molecule has 1 saturated heterocycles. The van der Waals surface area contributed by atoms with E-state index in [-0.39, 0.29) is 6.29 Å². The molecule has 3 aromatic carbocycles. The van der Waals surface area contributed by atoms with Crippen LogP contribution < -0.4 is 14.8 Å². The highest BCUT2D eigenvalue weighted by atomic mass is 35.5. The quantitative estimate of drug-likeness (QED) is 0.250. The van der Waals surface area contributed by atoms with Gasteiger partial charge in [0.2, 0.25) is 0 Å². The molecule has 2 heterocycles. The number of nitrogens with zero attached hydrogens (tertiary/aromatic N) is 2. The van der Waals surface area contributed by atoms with Crippen molar-refractivity contribution in [2.45, 2.75) is 45.6 Å². The van der Waals surface area contributed by atoms with Crippen LogP contribution in [-0.4, -0.2) is 37.3 Å². The molecule has 0 saturated carbocycles. The Bertz CT molecular complexity index is 1420. The van der Waals surface area contributed by atoms with Gasteiger partial charge >= 0.3 is 0 Å². The predicted octanol–water partition coefficient (Wildman–Crippen LogP) is 6.93. The van der Waals surface area contributed by atoms with Crippen LogP contribution in [0.1, 0.15) is 36.1 Å². The molecule has 0 aliphatic carbocycles. The highest BCUT2D eigenvalue weighted by molar-refractivity contribution is 6.31. The summed E-state index contributed by atoms with van der Waals surface area (Å²) in [6.45, 7) is 3.70. The van der Waals surface area contributed by atoms with Crippen LogP contribution in [0.25, 0.3) is 21.9 Å². The van der Waals surface area contributed by atoms with Crippen LogP contribution in [0.15, 0.2) is 54.6 Å². The zero-order valence-electron chi connectivity index (χ0n) is 21.9. The van der Waals surface area contributed by atoms with Crippen LogP contribution >= 0.6 is 11.6 Å². The van der Waals surface area contributed by atoms with E-state index < -0.39 is 0 Å². The number of hydrogen-bond donors (Lipinski definition) is 1. The van der Waals surface area contributed by atoms with Crippen LogP contribution in [0.4, 0.5) is 5.82 Å². The summed E-state index contributed by atoms with van der Waals surface area (Å²) in [6.07, 6.45) is 3.02. The van der Waals surface area contributed by atoms with E-state index in [4.69, 9.17) is 30.5 Å². The number of nitrogens with one attached hydrogen (secondary N) is 1. The second-order valence-corrected chi connectivity index (χ2v) is 9.75. The maximum atomic E-state index is 6.64. The first-order valence-electron chi connectivity index (χ1n) is 12.8. The van der Waals surface area contributed by atoms with E-state index in [1.165, 1.54) is 0 Å². The molecular weight excluding hydrogens is 502 g/mol. The van der Waals surface area contributed by atoms with Crippen LogP contribution in [0.2, 0.25) is 5.02 Å². The molecular formula is C30H32ClN3O4. The Hall–Kier alpha value is -3.39. The fourth-order valence-corrected chi connectivity index (χ4v) is 4.87. The Morgan fingerprint density at radius 3 is 2.50 bits per heavy atom. The van der Waals surface area contributed by atoms with Gasteiger partial charge in [0.15, 0.2) is 12.1 Å². The highest BCUT2D eigenvalue weighted by Crippen LogP contribution is 2.32. The Kier molecular flexibility index (Phi) is 8.27. The molecule has 5 rings (SSSR count). The van der Waals surface area contributed by atoms with Gasteiger partial charge < -0.3 is 24.3 Å². The minimum atomic E-state index is -0.141. The molecule has 7 nitrogen and oxygen atoms in total. The molecule has 1 aromatic heterocycles. The number of methoxy groups -OCH3 is 2. The maximum absolute atomic E-state index is 6.64. The van der Waals surface area contributed by atoms with Crippen molar-refractivity contribution in [2.24, 2.45) is 0 Å². The van der Waals surface area contributed by atoms with E-state index in [0.717, 1.165) is 76.1 Å². The van der Waals surface area contributed by atoms with E-state index in [9.17, 15) is 0 Å². The highest BCUT2D eigenvalue weighted by Gasteiger charge is 2.16. The number of anilines is 1. The van der Waals surface area contributed by atoms with Gasteiger partial charge in [0.1, 0.15) is 11.5 Å². The normalized spacial score (nSPS) is 15.4. The summed E-state index contributed by atoms with van der Waals surface area (Å²) in [5.41, 5.74) is 4.89. The van der Waals surface area contributed by atoms with Gasteiger partial charge in [-0.25, -0.2) is 0 Å². The largest absolute Gasteiger partial charge is 0.497 e. The zero-order valence-corrected chi connectivity index (χ0v) is 22.7. The summed E-state index contributed by atoms with van der Waals surface area (Å²) in [5, 5.41) is 15.0. The minimum absolute atomic E-state index is 0.141. The first-order chi connectivity index (χ1) is 18.6. The first kappa shape index (κ1) is 26.2. The Labute approximate surface area is 228 Å². The zero-order chi connectivity index (χ0) is 26.5. The second kappa shape index (κ2) is 12.0.